The maximum Gasteiger partial charge on any atom is 0.405 e. The van der Waals surface area contributed by atoms with E-state index >= 15 is 0 Å². The zero-order valence-electron chi connectivity index (χ0n) is 22.3. The highest BCUT2D eigenvalue weighted by molar-refractivity contribution is 7.91. The number of nitrogens with one attached hydrogen (secondary N) is 3. The van der Waals surface area contributed by atoms with Gasteiger partial charge in [0.2, 0.25) is 28.3 Å². The van der Waals surface area contributed by atoms with E-state index in [4.69, 9.17) is 0 Å². The Morgan fingerprint density at radius 3 is 2.21 bits per heavy atom. The molecule has 14 heteroatoms. The first kappa shape index (κ1) is 30.0. The maximum atomic E-state index is 13.7. The second-order valence-electron chi connectivity index (χ2n) is 12.1. The van der Waals surface area contributed by atoms with Gasteiger partial charge in [-0.1, -0.05) is 34.1 Å². The number of carbonyl (C=O) groups is 4. The van der Waals surface area contributed by atoms with E-state index < -0.39 is 80.4 Å². The minimum absolute atomic E-state index is 0.139. The van der Waals surface area contributed by atoms with Crippen molar-refractivity contribution in [2.45, 2.75) is 102 Å². The van der Waals surface area contributed by atoms with Crippen LogP contribution >= 0.6 is 0 Å². The molecule has 3 rings (SSSR count). The quantitative estimate of drug-likeness (QED) is 0.315. The Hall–Kier alpha value is -2.51. The predicted molar refractivity (Wildman–Crippen MR) is 133 cm³/mol. The van der Waals surface area contributed by atoms with Crippen molar-refractivity contribution in [2.75, 3.05) is 6.54 Å². The Morgan fingerprint density at radius 2 is 1.76 bits per heavy atom. The van der Waals surface area contributed by atoms with E-state index in [1.807, 2.05) is 11.6 Å². The molecule has 0 aromatic heterocycles. The summed E-state index contributed by atoms with van der Waals surface area (Å²) in [6.07, 6.45) is -2.59. The molecule has 1 aliphatic heterocycles. The third-order valence-electron chi connectivity index (χ3n) is 8.02. The molecule has 0 bridgehead atoms. The van der Waals surface area contributed by atoms with E-state index in [1.54, 1.807) is 20.8 Å². The lowest BCUT2D eigenvalue weighted by Gasteiger charge is -2.36. The van der Waals surface area contributed by atoms with Gasteiger partial charge in [0.05, 0.1) is 10.7 Å². The average molecular weight is 565 g/mol. The first-order valence-electron chi connectivity index (χ1n) is 12.9. The molecule has 2 saturated carbocycles. The number of rotatable bonds is 10. The summed E-state index contributed by atoms with van der Waals surface area (Å²) in [6, 6.07) is -2.32. The van der Waals surface area contributed by atoms with E-state index in [0.29, 0.717) is 32.1 Å². The number of alkyl halides is 2. The molecule has 216 valence electrons. The zero-order chi connectivity index (χ0) is 28.8. The van der Waals surface area contributed by atoms with Crippen molar-refractivity contribution in [1.29, 1.82) is 0 Å². The fourth-order valence-electron chi connectivity index (χ4n) is 5.20. The van der Waals surface area contributed by atoms with E-state index in [0.717, 1.165) is 0 Å². The topological polar surface area (TPSA) is 162 Å². The summed E-state index contributed by atoms with van der Waals surface area (Å²) in [5.41, 5.74) is -2.97. The van der Waals surface area contributed by atoms with Crippen LogP contribution in [0.25, 0.3) is 0 Å². The largest absolute Gasteiger partial charge is 0.465 e. The molecule has 0 radical (unpaired) electrons. The number of carbonyl (C=O) groups excluding carboxylic acids is 3. The van der Waals surface area contributed by atoms with Crippen molar-refractivity contribution in [3.05, 3.63) is 0 Å². The van der Waals surface area contributed by atoms with Crippen molar-refractivity contribution < 1.29 is 41.5 Å². The van der Waals surface area contributed by atoms with Crippen molar-refractivity contribution in [3.63, 3.8) is 0 Å². The Morgan fingerprint density at radius 1 is 1.16 bits per heavy atom. The van der Waals surface area contributed by atoms with Gasteiger partial charge in [-0.15, -0.1) is 0 Å². The molecule has 11 nitrogen and oxygen atoms in total. The fourth-order valence-corrected chi connectivity index (χ4v) is 6.51. The Labute approximate surface area is 221 Å². The first-order valence-corrected chi connectivity index (χ1v) is 14.4. The minimum Gasteiger partial charge on any atom is -0.465 e. The summed E-state index contributed by atoms with van der Waals surface area (Å²) >= 11 is 0. The lowest BCUT2D eigenvalue weighted by Crippen LogP contribution is -2.61. The van der Waals surface area contributed by atoms with Gasteiger partial charge in [0, 0.05) is 6.54 Å². The number of hydrogen-bond acceptors (Lipinski definition) is 6. The van der Waals surface area contributed by atoms with E-state index in [1.165, 1.54) is 11.8 Å². The van der Waals surface area contributed by atoms with E-state index in [9.17, 15) is 41.5 Å². The smallest absolute Gasteiger partial charge is 0.405 e. The highest BCUT2D eigenvalue weighted by atomic mass is 32.2. The molecule has 0 aromatic carbocycles. The van der Waals surface area contributed by atoms with Gasteiger partial charge in [-0.25, -0.2) is 22.0 Å². The summed E-state index contributed by atoms with van der Waals surface area (Å²) in [5, 5.41) is 13.9. The maximum absolute atomic E-state index is 13.7. The molecule has 0 unspecified atom stereocenters. The van der Waals surface area contributed by atoms with Crippen LogP contribution in [0.2, 0.25) is 0 Å². The molecule has 38 heavy (non-hydrogen) atoms. The van der Waals surface area contributed by atoms with Crippen molar-refractivity contribution in [3.8, 4) is 0 Å². The van der Waals surface area contributed by atoms with Crippen LogP contribution in [0.1, 0.15) is 73.1 Å². The lowest BCUT2D eigenvalue weighted by atomic mass is 9.85. The minimum atomic E-state index is -4.14. The fraction of sp³-hybridized carbons (Fsp3) is 0.833. The second kappa shape index (κ2) is 10.2. The Bertz CT molecular complexity index is 1090. The average Bonchev–Trinajstić information content (AvgIpc) is 3.67. The normalized spacial score (nSPS) is 28.9. The number of carboxylic acid groups (broad SMARTS) is 1. The predicted octanol–water partition coefficient (Wildman–Crippen LogP) is 1.82. The van der Waals surface area contributed by atoms with Crippen LogP contribution < -0.4 is 15.4 Å². The van der Waals surface area contributed by atoms with Gasteiger partial charge in [-0.3, -0.25) is 19.1 Å². The van der Waals surface area contributed by atoms with Gasteiger partial charge in [-0.2, -0.15) is 0 Å². The first-order chi connectivity index (χ1) is 17.4. The highest BCUT2D eigenvalue weighted by Gasteiger charge is 2.67. The number of nitrogens with zero attached hydrogens (tertiary/aromatic N) is 1. The van der Waals surface area contributed by atoms with Gasteiger partial charge in [0.25, 0.3) is 5.91 Å². The van der Waals surface area contributed by atoms with Gasteiger partial charge in [0.15, 0.2) is 0 Å². The summed E-state index contributed by atoms with van der Waals surface area (Å²) in [7, 11) is -4.14. The molecule has 1 heterocycles. The Kier molecular flexibility index (Phi) is 8.09. The van der Waals surface area contributed by atoms with Gasteiger partial charge >= 0.3 is 6.09 Å². The van der Waals surface area contributed by atoms with Crippen LogP contribution in [0.3, 0.4) is 0 Å². The van der Waals surface area contributed by atoms with Gasteiger partial charge in [-0.05, 0) is 50.4 Å². The van der Waals surface area contributed by atoms with Crippen molar-refractivity contribution >= 4 is 33.8 Å². The third-order valence-corrected chi connectivity index (χ3v) is 10.2. The summed E-state index contributed by atoms with van der Waals surface area (Å²) in [4.78, 5) is 52.9. The molecule has 5 atom stereocenters. The van der Waals surface area contributed by atoms with Crippen LogP contribution in [0, 0.1) is 17.3 Å². The summed E-state index contributed by atoms with van der Waals surface area (Å²) in [5.74, 6) is -4.63. The standard InChI is InChI=1S/C24H38F2N4O7S/c1-6-7-13-8-11-30(19(32)16(22(2,3)4)27-21(34)35)15(13)18(31)28-24(12-14(24)17(25)26)20(33)29-38(36,37)23(5)9-10-23/h13-17,27H,6-12H2,1-5H3,(H,28,31)(H,29,33)(H,34,35)/t13-,14+,15+,16-,24-/m1/s1. The molecule has 4 amide bonds. The molecular formula is C24H38F2N4O7S. The molecule has 4 N–H and O–H groups in total. The van der Waals surface area contributed by atoms with Crippen LogP contribution in [0.5, 0.6) is 0 Å². The molecular weight excluding hydrogens is 526 g/mol. The van der Waals surface area contributed by atoms with E-state index in [-0.39, 0.29) is 12.5 Å². The molecule has 0 aromatic rings. The second-order valence-corrected chi connectivity index (χ2v) is 14.2. The number of likely N-dealkylation sites (tertiary alicyclic amines) is 1. The molecule has 2 aliphatic carbocycles. The highest BCUT2D eigenvalue weighted by Crippen LogP contribution is 2.49. The van der Waals surface area contributed by atoms with Crippen LogP contribution in [0.15, 0.2) is 0 Å². The van der Waals surface area contributed by atoms with Gasteiger partial charge < -0.3 is 20.6 Å². The number of hydrogen-bond donors (Lipinski definition) is 4. The SMILES string of the molecule is CCC[C@@H]1CCN(C(=O)[C@@H](NC(=O)O)C(C)(C)C)[C@@H]1C(=O)N[C@]1(C(=O)NS(=O)(=O)C2(C)CC2)C[C@H]1C(F)F. The molecule has 0 spiro atoms. The molecule has 3 fully saturated rings. The molecule has 1 saturated heterocycles. The molecule has 3 aliphatic rings. The summed E-state index contributed by atoms with van der Waals surface area (Å²) < 4.78 is 53.4. The Balaban J connectivity index is 1.89. The number of sulfonamides is 1. The van der Waals surface area contributed by atoms with Gasteiger partial charge in [0.1, 0.15) is 17.6 Å². The zero-order valence-corrected chi connectivity index (χ0v) is 23.2. The van der Waals surface area contributed by atoms with Crippen LogP contribution in [-0.4, -0.2) is 77.6 Å². The lowest BCUT2D eigenvalue weighted by molar-refractivity contribution is -0.144. The van der Waals surface area contributed by atoms with Crippen LogP contribution in [-0.2, 0) is 24.4 Å². The van der Waals surface area contributed by atoms with Crippen LogP contribution in [0.4, 0.5) is 13.6 Å². The van der Waals surface area contributed by atoms with Crippen molar-refractivity contribution in [1.82, 2.24) is 20.3 Å². The number of amides is 4. The monoisotopic (exact) mass is 564 g/mol. The third kappa shape index (κ3) is 5.74. The van der Waals surface area contributed by atoms with E-state index in [2.05, 4.69) is 10.6 Å². The summed E-state index contributed by atoms with van der Waals surface area (Å²) in [6.45, 7) is 8.46. The van der Waals surface area contributed by atoms with Crippen molar-refractivity contribution in [2.24, 2.45) is 17.3 Å². The number of halogens is 2.